The Labute approximate surface area is 157 Å². The van der Waals surface area contributed by atoms with Crippen LogP contribution in [0.3, 0.4) is 0 Å². The number of hydrogen-bond acceptors (Lipinski definition) is 3. The van der Waals surface area contributed by atoms with Crippen molar-refractivity contribution in [3.63, 3.8) is 0 Å². The van der Waals surface area contributed by atoms with Crippen LogP contribution in [0.15, 0.2) is 36.5 Å². The number of fused-ring (bicyclic) bond motifs is 1. The highest BCUT2D eigenvalue weighted by Gasteiger charge is 2.31. The van der Waals surface area contributed by atoms with Crippen LogP contribution < -0.4 is 5.32 Å². The largest absolute Gasteiger partial charge is 0.324 e. The number of benzene rings is 1. The predicted molar refractivity (Wildman–Crippen MR) is 102 cm³/mol. The standard InChI is InChI=1S/C20H22FN5O/c1-3-26-18(24-17-5-4-9-22-19(17)26)14-8-10-25(12-14)20(27)23-15-7-6-13(2)16(21)11-15/h4-7,9,11,14H,3,8,10,12H2,1-2H3,(H,23,27)/t14-/m0/s1. The number of pyridine rings is 1. The molecule has 0 radical (unpaired) electrons. The number of aryl methyl sites for hydroxylation is 2. The van der Waals surface area contributed by atoms with Gasteiger partial charge in [0.1, 0.15) is 17.2 Å². The van der Waals surface area contributed by atoms with Crippen molar-refractivity contribution in [2.45, 2.75) is 32.7 Å². The molecule has 1 N–H and O–H groups in total. The third kappa shape index (κ3) is 3.25. The van der Waals surface area contributed by atoms with Crippen LogP contribution in [0.5, 0.6) is 0 Å². The van der Waals surface area contributed by atoms with Crippen molar-refractivity contribution < 1.29 is 9.18 Å². The summed E-state index contributed by atoms with van der Waals surface area (Å²) in [7, 11) is 0. The van der Waals surface area contributed by atoms with Gasteiger partial charge in [0.2, 0.25) is 0 Å². The van der Waals surface area contributed by atoms with E-state index < -0.39 is 0 Å². The van der Waals surface area contributed by atoms with Crippen LogP contribution in [0.25, 0.3) is 11.2 Å². The summed E-state index contributed by atoms with van der Waals surface area (Å²) in [6.45, 7) is 5.79. The smallest absolute Gasteiger partial charge is 0.321 e. The van der Waals surface area contributed by atoms with Crippen molar-refractivity contribution in [3.05, 3.63) is 53.7 Å². The monoisotopic (exact) mass is 367 g/mol. The fraction of sp³-hybridized carbons (Fsp3) is 0.350. The molecule has 1 aliphatic rings. The molecule has 0 unspecified atom stereocenters. The molecular formula is C20H22FN5O. The van der Waals surface area contributed by atoms with E-state index in [1.54, 1.807) is 30.2 Å². The Balaban J connectivity index is 1.50. The van der Waals surface area contributed by atoms with E-state index in [4.69, 9.17) is 4.98 Å². The average molecular weight is 367 g/mol. The molecule has 3 heterocycles. The van der Waals surface area contributed by atoms with Crippen molar-refractivity contribution >= 4 is 22.9 Å². The van der Waals surface area contributed by atoms with E-state index in [2.05, 4.69) is 21.8 Å². The number of likely N-dealkylation sites (tertiary alicyclic amines) is 1. The number of anilines is 1. The Morgan fingerprint density at radius 3 is 3.00 bits per heavy atom. The van der Waals surface area contributed by atoms with Crippen molar-refractivity contribution in [1.82, 2.24) is 19.4 Å². The number of nitrogens with one attached hydrogen (secondary N) is 1. The minimum absolute atomic E-state index is 0.166. The highest BCUT2D eigenvalue weighted by Crippen LogP contribution is 2.29. The summed E-state index contributed by atoms with van der Waals surface area (Å²) >= 11 is 0. The molecule has 0 spiro atoms. The number of rotatable bonds is 3. The summed E-state index contributed by atoms with van der Waals surface area (Å²) in [5, 5.41) is 2.79. The van der Waals surface area contributed by atoms with E-state index in [-0.39, 0.29) is 17.8 Å². The number of carbonyl (C=O) groups is 1. The first-order chi connectivity index (χ1) is 13.1. The summed E-state index contributed by atoms with van der Waals surface area (Å²) < 4.78 is 15.8. The van der Waals surface area contributed by atoms with Gasteiger partial charge in [-0.05, 0) is 50.1 Å². The summed E-state index contributed by atoms with van der Waals surface area (Å²) in [5.41, 5.74) is 2.79. The minimum atomic E-state index is -0.323. The molecular weight excluding hydrogens is 345 g/mol. The van der Waals surface area contributed by atoms with E-state index in [9.17, 15) is 9.18 Å². The van der Waals surface area contributed by atoms with Crippen LogP contribution in [-0.2, 0) is 6.54 Å². The van der Waals surface area contributed by atoms with Gasteiger partial charge in [0.25, 0.3) is 0 Å². The molecule has 0 bridgehead atoms. The lowest BCUT2D eigenvalue weighted by molar-refractivity contribution is 0.222. The molecule has 1 saturated heterocycles. The average Bonchev–Trinajstić information content (AvgIpc) is 3.29. The molecule has 27 heavy (non-hydrogen) atoms. The Morgan fingerprint density at radius 1 is 1.37 bits per heavy atom. The second-order valence-electron chi connectivity index (χ2n) is 6.89. The van der Waals surface area contributed by atoms with Gasteiger partial charge in [-0.25, -0.2) is 19.2 Å². The number of imidazole rings is 1. The highest BCUT2D eigenvalue weighted by atomic mass is 19.1. The van der Waals surface area contributed by atoms with Gasteiger partial charge < -0.3 is 14.8 Å². The first-order valence-corrected chi connectivity index (χ1v) is 9.20. The number of carbonyl (C=O) groups excluding carboxylic acids is 1. The maximum absolute atomic E-state index is 13.7. The molecule has 3 aromatic rings. The summed E-state index contributed by atoms with van der Waals surface area (Å²) in [6.07, 6.45) is 2.62. The molecule has 1 fully saturated rings. The normalized spacial score (nSPS) is 16.9. The number of halogens is 1. The SMILES string of the molecule is CCn1c([C@H]2CCN(C(=O)Nc3ccc(C)c(F)c3)C2)nc2cccnc21. The molecule has 7 heteroatoms. The second-order valence-corrected chi connectivity index (χ2v) is 6.89. The van der Waals surface area contributed by atoms with Crippen LogP contribution in [-0.4, -0.2) is 38.6 Å². The van der Waals surface area contributed by atoms with E-state index in [0.29, 0.717) is 24.3 Å². The number of nitrogens with zero attached hydrogens (tertiary/aromatic N) is 4. The van der Waals surface area contributed by atoms with Crippen molar-refractivity contribution in [2.24, 2.45) is 0 Å². The molecule has 4 rings (SSSR count). The van der Waals surface area contributed by atoms with E-state index in [0.717, 1.165) is 30.0 Å². The minimum Gasteiger partial charge on any atom is -0.324 e. The van der Waals surface area contributed by atoms with E-state index >= 15 is 0 Å². The third-order valence-corrected chi connectivity index (χ3v) is 5.11. The van der Waals surface area contributed by atoms with Crippen LogP contribution in [0.4, 0.5) is 14.9 Å². The lowest BCUT2D eigenvalue weighted by atomic mass is 10.1. The van der Waals surface area contributed by atoms with E-state index in [1.807, 2.05) is 12.1 Å². The Hall–Kier alpha value is -2.96. The number of hydrogen-bond donors (Lipinski definition) is 1. The van der Waals surface area contributed by atoms with Crippen molar-refractivity contribution in [3.8, 4) is 0 Å². The molecule has 1 atom stereocenters. The summed E-state index contributed by atoms with van der Waals surface area (Å²) in [5.74, 6) is 0.818. The lowest BCUT2D eigenvalue weighted by Gasteiger charge is -2.18. The first kappa shape index (κ1) is 17.5. The Kier molecular flexibility index (Phi) is 4.51. The quantitative estimate of drug-likeness (QED) is 0.763. The highest BCUT2D eigenvalue weighted by molar-refractivity contribution is 5.89. The molecule has 1 aromatic carbocycles. The number of amides is 2. The second kappa shape index (κ2) is 6.98. The zero-order valence-corrected chi connectivity index (χ0v) is 15.4. The van der Waals surface area contributed by atoms with Gasteiger partial charge in [0.15, 0.2) is 5.65 Å². The number of urea groups is 1. The fourth-order valence-electron chi connectivity index (χ4n) is 3.63. The Bertz CT molecular complexity index is 999. The predicted octanol–water partition coefficient (Wildman–Crippen LogP) is 3.92. The Morgan fingerprint density at radius 2 is 2.22 bits per heavy atom. The van der Waals surface area contributed by atoms with Crippen LogP contribution >= 0.6 is 0 Å². The topological polar surface area (TPSA) is 63.1 Å². The van der Waals surface area contributed by atoms with Gasteiger partial charge in [-0.1, -0.05) is 6.07 Å². The van der Waals surface area contributed by atoms with Crippen LogP contribution in [0, 0.1) is 12.7 Å². The summed E-state index contributed by atoms with van der Waals surface area (Å²) in [4.78, 5) is 23.5. The van der Waals surface area contributed by atoms with Crippen molar-refractivity contribution in [2.75, 3.05) is 18.4 Å². The molecule has 0 saturated carbocycles. The molecule has 140 valence electrons. The molecule has 2 aromatic heterocycles. The zero-order valence-electron chi connectivity index (χ0n) is 15.4. The molecule has 1 aliphatic heterocycles. The van der Waals surface area contributed by atoms with Crippen LogP contribution in [0.1, 0.15) is 30.7 Å². The maximum atomic E-state index is 13.7. The first-order valence-electron chi connectivity index (χ1n) is 9.20. The van der Waals surface area contributed by atoms with Crippen LogP contribution in [0.2, 0.25) is 0 Å². The van der Waals surface area contributed by atoms with Gasteiger partial charge in [-0.2, -0.15) is 0 Å². The fourth-order valence-corrected chi connectivity index (χ4v) is 3.63. The third-order valence-electron chi connectivity index (χ3n) is 5.11. The zero-order chi connectivity index (χ0) is 19.0. The molecule has 0 aliphatic carbocycles. The maximum Gasteiger partial charge on any atom is 0.321 e. The van der Waals surface area contributed by atoms with Gasteiger partial charge in [0.05, 0.1) is 0 Å². The van der Waals surface area contributed by atoms with E-state index in [1.165, 1.54) is 6.07 Å². The molecule has 6 nitrogen and oxygen atoms in total. The van der Waals surface area contributed by atoms with Gasteiger partial charge in [-0.15, -0.1) is 0 Å². The van der Waals surface area contributed by atoms with Gasteiger partial charge in [0, 0.05) is 37.4 Å². The van der Waals surface area contributed by atoms with Crippen molar-refractivity contribution in [1.29, 1.82) is 0 Å². The van der Waals surface area contributed by atoms with Gasteiger partial charge >= 0.3 is 6.03 Å². The van der Waals surface area contributed by atoms with Gasteiger partial charge in [-0.3, -0.25) is 0 Å². The lowest BCUT2D eigenvalue weighted by Crippen LogP contribution is -2.33. The molecule has 2 amide bonds. The summed E-state index contributed by atoms with van der Waals surface area (Å²) in [6, 6.07) is 8.36. The number of aromatic nitrogens is 3.